The van der Waals surface area contributed by atoms with Gasteiger partial charge in [0, 0.05) is 0 Å². The second-order valence-electron chi connectivity index (χ2n) is 8.70. The molecule has 0 aromatic heterocycles. The van der Waals surface area contributed by atoms with Gasteiger partial charge in [-0.25, -0.2) is 0 Å². The quantitative estimate of drug-likeness (QED) is 0.335. The topological polar surface area (TPSA) is 0 Å². The maximum Gasteiger partial charge on any atom is 2.00 e. The maximum atomic E-state index is 2.61. The number of rotatable bonds is 3. The van der Waals surface area contributed by atoms with Crippen molar-refractivity contribution in [3.63, 3.8) is 0 Å². The van der Waals surface area contributed by atoms with E-state index in [1.807, 2.05) is 0 Å². The Labute approximate surface area is 189 Å². The Bertz CT molecular complexity index is 476. The molecule has 2 aliphatic rings. The third kappa shape index (κ3) is 8.22. The van der Waals surface area contributed by atoms with Crippen molar-refractivity contribution in [2.45, 2.75) is 116 Å². The molecule has 0 amide bonds. The van der Waals surface area contributed by atoms with Crippen LogP contribution in [0.5, 0.6) is 0 Å². The Morgan fingerprint density at radius 1 is 0.704 bits per heavy atom. The van der Waals surface area contributed by atoms with Crippen LogP contribution in [-0.4, -0.2) is 19.8 Å². The first-order chi connectivity index (χ1) is 11.9. The summed E-state index contributed by atoms with van der Waals surface area (Å²) in [6.45, 7) is 13.9. The van der Waals surface area contributed by atoms with E-state index in [1.54, 1.807) is 51.4 Å². The summed E-state index contributed by atoms with van der Waals surface area (Å²) in [5, 5.41) is 0. The van der Waals surface area contributed by atoms with E-state index in [4.69, 9.17) is 0 Å². The summed E-state index contributed by atoms with van der Waals surface area (Å²) >= 11 is 0. The molecule has 0 unspecified atom stereocenters. The van der Waals surface area contributed by atoms with Crippen molar-refractivity contribution in [3.05, 3.63) is 28.3 Å². The van der Waals surface area contributed by atoms with Gasteiger partial charge in [-0.1, -0.05) is 79.3 Å². The first-order valence-electron chi connectivity index (χ1n) is 10.7. The minimum Gasteiger partial charge on any atom is -1.00 e. The van der Waals surface area contributed by atoms with E-state index in [0.717, 1.165) is 0 Å². The SMILES string of the molecule is C[Si](C)P(C1CCCCC1)C1CCCCC1.Cc1[cH-]c(C)c(C)c1C.[Cl-].[Cr+2]. The van der Waals surface area contributed by atoms with E-state index >= 15 is 0 Å². The zero-order valence-electron chi connectivity index (χ0n) is 18.5. The Balaban J connectivity index is 0.000000532. The second kappa shape index (κ2) is 13.9. The molecule has 1 aromatic carbocycles. The minimum atomic E-state index is -0.00595. The summed E-state index contributed by atoms with van der Waals surface area (Å²) < 4.78 is 0. The third-order valence-corrected chi connectivity index (χ3v) is 15.6. The van der Waals surface area contributed by atoms with Crippen LogP contribution in [0.25, 0.3) is 0 Å². The molecule has 0 aliphatic heterocycles. The average Bonchev–Trinajstić information content (AvgIpc) is 2.83. The standard InChI is InChI=1S/C14H28PSi.C9H13.ClH.Cr/c1-16(2)15(13-9-5-3-6-10-13)14-11-7-4-8-12-14;1-6-5-7(2)9(4)8(6)3;;/h13-14H,3-12H2,1-2H3;5H,1-4H3;1H;/q;-1;;+2/p-1. The molecule has 0 spiro atoms. The molecule has 1 radical (unpaired) electrons. The summed E-state index contributed by atoms with van der Waals surface area (Å²) in [4.78, 5) is 0. The predicted octanol–water partition coefficient (Wildman–Crippen LogP) is 5.03. The molecule has 0 N–H and O–H groups in total. The summed E-state index contributed by atoms with van der Waals surface area (Å²) in [6, 6.07) is 2.24. The molecule has 2 saturated carbocycles. The van der Waals surface area contributed by atoms with Crippen molar-refractivity contribution in [3.8, 4) is 0 Å². The summed E-state index contributed by atoms with van der Waals surface area (Å²) in [6.07, 6.45) is 15.6. The molecule has 3 rings (SSSR count). The van der Waals surface area contributed by atoms with E-state index in [9.17, 15) is 0 Å². The number of hydrogen-bond acceptors (Lipinski definition) is 0. The Morgan fingerprint density at radius 3 is 1.26 bits per heavy atom. The van der Waals surface area contributed by atoms with Crippen LogP contribution < -0.4 is 12.4 Å². The Kier molecular flexibility index (Phi) is 14.4. The molecule has 1 aromatic rings. The maximum absolute atomic E-state index is 2.61. The van der Waals surface area contributed by atoms with Gasteiger partial charge in [0.1, 0.15) is 0 Å². The van der Waals surface area contributed by atoms with Gasteiger partial charge in [-0.05, 0) is 37.0 Å². The van der Waals surface area contributed by atoms with Crippen LogP contribution in [0.2, 0.25) is 13.1 Å². The van der Waals surface area contributed by atoms with Gasteiger partial charge in [0.05, 0.1) is 8.46 Å². The van der Waals surface area contributed by atoms with Gasteiger partial charge in [-0.3, -0.25) is 0 Å². The second-order valence-corrected chi connectivity index (χ2v) is 17.1. The number of halogens is 1. The Hall–Kier alpha value is 0.819. The van der Waals surface area contributed by atoms with E-state index in [0.29, 0.717) is 7.47 Å². The third-order valence-electron chi connectivity index (χ3n) is 6.63. The summed E-state index contributed by atoms with van der Waals surface area (Å²) in [7, 11) is 0.440. The molecule has 155 valence electrons. The molecule has 0 heterocycles. The minimum absolute atomic E-state index is 0. The molecular formula is C23H41ClCrPSi. The van der Waals surface area contributed by atoms with Crippen LogP contribution in [0.1, 0.15) is 86.5 Å². The molecular weight excluding hydrogens is 423 g/mol. The van der Waals surface area contributed by atoms with Crippen LogP contribution in [0.4, 0.5) is 0 Å². The largest absolute Gasteiger partial charge is 2.00 e. The smallest absolute Gasteiger partial charge is 1.00 e. The van der Waals surface area contributed by atoms with Gasteiger partial charge in [0.15, 0.2) is 0 Å². The zero-order chi connectivity index (χ0) is 18.4. The molecule has 2 aliphatic carbocycles. The summed E-state index contributed by atoms with van der Waals surface area (Å²) in [5.41, 5.74) is 8.13. The molecule has 4 heteroatoms. The molecule has 2 fully saturated rings. The monoisotopic (exact) mass is 463 g/mol. The number of hydrogen-bond donors (Lipinski definition) is 0. The first kappa shape index (κ1) is 27.8. The first-order valence-corrected chi connectivity index (χ1v) is 15.5. The molecule has 0 bridgehead atoms. The molecule has 0 atom stereocenters. The van der Waals surface area contributed by atoms with Gasteiger partial charge in [0.2, 0.25) is 0 Å². The van der Waals surface area contributed by atoms with Crippen molar-refractivity contribution in [2.75, 3.05) is 0 Å². The molecule has 0 nitrogen and oxygen atoms in total. The van der Waals surface area contributed by atoms with E-state index in [1.165, 1.54) is 46.4 Å². The van der Waals surface area contributed by atoms with Gasteiger partial charge in [-0.15, -0.1) is 7.47 Å². The van der Waals surface area contributed by atoms with Crippen molar-refractivity contribution in [1.82, 2.24) is 0 Å². The molecule has 0 saturated heterocycles. The average molecular weight is 464 g/mol. The summed E-state index contributed by atoms with van der Waals surface area (Å²) in [5.74, 6) is 0. The fourth-order valence-electron chi connectivity index (χ4n) is 4.88. The van der Waals surface area contributed by atoms with E-state index in [2.05, 4.69) is 46.9 Å². The van der Waals surface area contributed by atoms with Crippen molar-refractivity contribution in [2.24, 2.45) is 0 Å². The van der Waals surface area contributed by atoms with Crippen LogP contribution in [0.3, 0.4) is 0 Å². The number of aryl methyl sites for hydroxylation is 2. The Morgan fingerprint density at radius 2 is 1.04 bits per heavy atom. The van der Waals surface area contributed by atoms with Crippen molar-refractivity contribution < 1.29 is 29.8 Å². The fraction of sp³-hybridized carbons (Fsp3) is 0.783. The predicted molar refractivity (Wildman–Crippen MR) is 119 cm³/mol. The van der Waals surface area contributed by atoms with E-state index < -0.39 is 0 Å². The van der Waals surface area contributed by atoms with Crippen molar-refractivity contribution >= 4 is 15.9 Å². The zero-order valence-corrected chi connectivity index (χ0v) is 22.5. The van der Waals surface area contributed by atoms with E-state index in [-0.39, 0.29) is 38.2 Å². The van der Waals surface area contributed by atoms with Crippen LogP contribution in [-0.2, 0) is 17.4 Å². The van der Waals surface area contributed by atoms with Crippen LogP contribution >= 0.6 is 7.47 Å². The van der Waals surface area contributed by atoms with Gasteiger partial charge in [0.25, 0.3) is 0 Å². The van der Waals surface area contributed by atoms with Gasteiger partial charge in [-0.2, -0.15) is 28.3 Å². The van der Waals surface area contributed by atoms with Gasteiger partial charge >= 0.3 is 17.4 Å². The van der Waals surface area contributed by atoms with Gasteiger partial charge < -0.3 is 12.4 Å². The van der Waals surface area contributed by atoms with Crippen LogP contribution in [0.15, 0.2) is 6.07 Å². The molecule has 27 heavy (non-hydrogen) atoms. The van der Waals surface area contributed by atoms with Crippen LogP contribution in [0, 0.1) is 27.7 Å². The van der Waals surface area contributed by atoms with Crippen molar-refractivity contribution in [1.29, 1.82) is 0 Å². The fourth-order valence-corrected chi connectivity index (χ4v) is 14.7. The normalized spacial score (nSPS) is 18.5.